The monoisotopic (exact) mass is 295 g/mol. The van der Waals surface area contributed by atoms with Gasteiger partial charge in [-0.1, -0.05) is 13.8 Å². The van der Waals surface area contributed by atoms with Crippen molar-refractivity contribution in [3.8, 4) is 0 Å². The largest absolute Gasteiger partial charge is 0.374 e. The van der Waals surface area contributed by atoms with Gasteiger partial charge in [0.15, 0.2) is 5.82 Å². The second-order valence-corrected chi connectivity index (χ2v) is 6.20. The number of rotatable bonds is 9. The van der Waals surface area contributed by atoms with Gasteiger partial charge in [-0.2, -0.15) is 0 Å². The first-order chi connectivity index (χ1) is 9.86. The highest BCUT2D eigenvalue weighted by molar-refractivity contribution is 5.47. The highest BCUT2D eigenvalue weighted by Crippen LogP contribution is 2.18. The van der Waals surface area contributed by atoms with Gasteiger partial charge in [0.25, 0.3) is 0 Å². The Labute approximate surface area is 128 Å². The van der Waals surface area contributed by atoms with Gasteiger partial charge in [0, 0.05) is 32.8 Å². The first kappa shape index (κ1) is 17.7. The van der Waals surface area contributed by atoms with Crippen molar-refractivity contribution in [2.75, 3.05) is 51.5 Å². The lowest BCUT2D eigenvalue weighted by Gasteiger charge is -2.28. The predicted octanol–water partition coefficient (Wildman–Crippen LogP) is 2.05. The van der Waals surface area contributed by atoms with E-state index in [-0.39, 0.29) is 5.41 Å². The van der Waals surface area contributed by atoms with E-state index < -0.39 is 0 Å². The summed E-state index contributed by atoms with van der Waals surface area (Å²) in [4.78, 5) is 11.1. The van der Waals surface area contributed by atoms with Crippen LogP contribution in [0.15, 0.2) is 6.07 Å². The molecular formula is C15H29N5O. The quantitative estimate of drug-likeness (QED) is 0.727. The molecule has 0 amide bonds. The summed E-state index contributed by atoms with van der Waals surface area (Å²) in [6, 6.07) is 1.92. The molecule has 0 bridgehead atoms. The summed E-state index contributed by atoms with van der Waals surface area (Å²) in [5.74, 6) is 2.32. The smallest absolute Gasteiger partial charge is 0.158 e. The molecule has 0 radical (unpaired) electrons. The van der Waals surface area contributed by atoms with Gasteiger partial charge in [0.2, 0.25) is 0 Å². The Hall–Kier alpha value is -1.40. The Balaban J connectivity index is 2.73. The topological polar surface area (TPSA) is 62.3 Å². The van der Waals surface area contributed by atoms with Crippen LogP contribution < -0.4 is 10.6 Å². The zero-order valence-electron chi connectivity index (χ0n) is 14.2. The van der Waals surface area contributed by atoms with E-state index in [4.69, 9.17) is 4.74 Å². The van der Waals surface area contributed by atoms with Crippen LogP contribution in [0.5, 0.6) is 0 Å². The lowest BCUT2D eigenvalue weighted by Crippen LogP contribution is -2.34. The van der Waals surface area contributed by atoms with Gasteiger partial charge >= 0.3 is 0 Å². The van der Waals surface area contributed by atoms with Gasteiger partial charge in [-0.25, -0.2) is 9.97 Å². The molecule has 1 rings (SSSR count). The Kier molecular flexibility index (Phi) is 6.84. The van der Waals surface area contributed by atoms with Gasteiger partial charge in [-0.05, 0) is 26.4 Å². The summed E-state index contributed by atoms with van der Waals surface area (Å²) >= 11 is 0. The number of hydrogen-bond donors (Lipinski definition) is 2. The van der Waals surface area contributed by atoms with Crippen molar-refractivity contribution in [3.63, 3.8) is 0 Å². The van der Waals surface area contributed by atoms with Crippen LogP contribution in [-0.2, 0) is 11.3 Å². The lowest BCUT2D eigenvalue weighted by molar-refractivity contribution is 0.128. The minimum Gasteiger partial charge on any atom is -0.374 e. The number of aromatic nitrogens is 2. The van der Waals surface area contributed by atoms with Crippen LogP contribution >= 0.6 is 0 Å². The van der Waals surface area contributed by atoms with Gasteiger partial charge in [0.1, 0.15) is 18.2 Å². The van der Waals surface area contributed by atoms with E-state index in [1.165, 1.54) is 0 Å². The van der Waals surface area contributed by atoms with Crippen LogP contribution in [0.2, 0.25) is 0 Å². The van der Waals surface area contributed by atoms with Crippen molar-refractivity contribution < 1.29 is 4.74 Å². The van der Waals surface area contributed by atoms with Crippen molar-refractivity contribution in [2.24, 2.45) is 5.41 Å². The molecule has 1 heterocycles. The molecular weight excluding hydrogens is 266 g/mol. The second kappa shape index (κ2) is 8.14. The van der Waals surface area contributed by atoms with Crippen molar-refractivity contribution in [1.82, 2.24) is 14.9 Å². The van der Waals surface area contributed by atoms with E-state index in [0.717, 1.165) is 24.7 Å². The summed E-state index contributed by atoms with van der Waals surface area (Å²) in [5, 5.41) is 6.47. The van der Waals surface area contributed by atoms with Crippen molar-refractivity contribution in [1.29, 1.82) is 0 Å². The number of nitrogens with zero attached hydrogens (tertiary/aromatic N) is 3. The summed E-state index contributed by atoms with van der Waals surface area (Å²) in [6.07, 6.45) is 0. The molecule has 6 nitrogen and oxygen atoms in total. The third-order valence-corrected chi connectivity index (χ3v) is 2.96. The van der Waals surface area contributed by atoms with Gasteiger partial charge < -0.3 is 20.3 Å². The molecule has 1 aromatic rings. The number of anilines is 2. The Morgan fingerprint density at radius 1 is 1.24 bits per heavy atom. The first-order valence-electron chi connectivity index (χ1n) is 7.38. The van der Waals surface area contributed by atoms with Gasteiger partial charge in [-0.3, -0.25) is 0 Å². The lowest BCUT2D eigenvalue weighted by atomic mass is 9.93. The molecule has 1 aromatic heterocycles. The molecule has 0 aliphatic carbocycles. The standard InChI is InChI=1S/C15H29N5O/c1-7-21-9-14-18-12(16-4)8-13(19-14)17-10-15(2,3)11-20(5)6/h8H,7,9-11H2,1-6H3,(H2,16,17,18,19). The van der Waals surface area contributed by atoms with E-state index in [1.54, 1.807) is 0 Å². The molecule has 0 aromatic carbocycles. The molecule has 0 saturated carbocycles. The Bertz CT molecular complexity index is 434. The van der Waals surface area contributed by atoms with E-state index in [0.29, 0.717) is 19.0 Å². The number of hydrogen-bond acceptors (Lipinski definition) is 6. The van der Waals surface area contributed by atoms with Crippen molar-refractivity contribution in [3.05, 3.63) is 11.9 Å². The molecule has 0 spiro atoms. The second-order valence-electron chi connectivity index (χ2n) is 6.20. The van der Waals surface area contributed by atoms with Crippen LogP contribution in [0, 0.1) is 5.41 Å². The van der Waals surface area contributed by atoms with Crippen LogP contribution in [-0.4, -0.2) is 55.7 Å². The highest BCUT2D eigenvalue weighted by Gasteiger charge is 2.19. The van der Waals surface area contributed by atoms with E-state index in [1.807, 2.05) is 20.0 Å². The first-order valence-corrected chi connectivity index (χ1v) is 7.38. The third-order valence-electron chi connectivity index (χ3n) is 2.96. The summed E-state index contributed by atoms with van der Waals surface area (Å²) in [6.45, 7) is 9.39. The maximum Gasteiger partial charge on any atom is 0.158 e. The normalized spacial score (nSPS) is 11.8. The van der Waals surface area contributed by atoms with Crippen LogP contribution in [0.4, 0.5) is 11.6 Å². The Morgan fingerprint density at radius 3 is 2.48 bits per heavy atom. The Morgan fingerprint density at radius 2 is 1.90 bits per heavy atom. The average molecular weight is 295 g/mol. The third kappa shape index (κ3) is 6.73. The summed E-state index contributed by atoms with van der Waals surface area (Å²) in [7, 11) is 6.03. The van der Waals surface area contributed by atoms with Crippen LogP contribution in [0.25, 0.3) is 0 Å². The molecule has 0 unspecified atom stereocenters. The maximum atomic E-state index is 5.38. The average Bonchev–Trinajstić information content (AvgIpc) is 2.41. The minimum atomic E-state index is 0.161. The molecule has 0 atom stereocenters. The number of nitrogens with one attached hydrogen (secondary N) is 2. The SMILES string of the molecule is CCOCc1nc(NC)cc(NCC(C)(C)CN(C)C)n1. The van der Waals surface area contributed by atoms with Crippen LogP contribution in [0.3, 0.4) is 0 Å². The van der Waals surface area contributed by atoms with Gasteiger partial charge in [-0.15, -0.1) is 0 Å². The van der Waals surface area contributed by atoms with E-state index in [9.17, 15) is 0 Å². The minimum absolute atomic E-state index is 0.161. The number of ether oxygens (including phenoxy) is 1. The fraction of sp³-hybridized carbons (Fsp3) is 0.733. The van der Waals surface area contributed by atoms with Crippen molar-refractivity contribution >= 4 is 11.6 Å². The molecule has 0 aliphatic heterocycles. The molecule has 0 saturated heterocycles. The fourth-order valence-electron chi connectivity index (χ4n) is 2.22. The summed E-state index contributed by atoms with van der Waals surface area (Å²) < 4.78 is 5.38. The van der Waals surface area contributed by atoms with Crippen molar-refractivity contribution in [2.45, 2.75) is 27.4 Å². The molecule has 0 fully saturated rings. The molecule has 0 aliphatic rings. The zero-order valence-corrected chi connectivity index (χ0v) is 14.2. The fourth-order valence-corrected chi connectivity index (χ4v) is 2.22. The zero-order chi connectivity index (χ0) is 15.9. The molecule has 120 valence electrons. The molecule has 21 heavy (non-hydrogen) atoms. The molecule has 6 heteroatoms. The van der Waals surface area contributed by atoms with E-state index >= 15 is 0 Å². The van der Waals surface area contributed by atoms with Crippen LogP contribution in [0.1, 0.15) is 26.6 Å². The predicted molar refractivity (Wildman–Crippen MR) is 87.7 cm³/mol. The molecule has 2 N–H and O–H groups in total. The van der Waals surface area contributed by atoms with Gasteiger partial charge in [0.05, 0.1) is 0 Å². The summed E-state index contributed by atoms with van der Waals surface area (Å²) in [5.41, 5.74) is 0.161. The van der Waals surface area contributed by atoms with E-state index in [2.05, 4.69) is 53.4 Å². The highest BCUT2D eigenvalue weighted by atomic mass is 16.5. The maximum absolute atomic E-state index is 5.38.